The highest BCUT2D eigenvalue weighted by molar-refractivity contribution is 5.68. The van der Waals surface area contributed by atoms with E-state index in [1.54, 1.807) is 0 Å². The van der Waals surface area contributed by atoms with Crippen LogP contribution in [0.3, 0.4) is 0 Å². The number of aliphatic carboxylic acids is 1. The fourth-order valence-electron chi connectivity index (χ4n) is 3.36. The number of carbonyl (C=O) groups is 1. The SMILES string of the molecule is C=C(F)C1(CC(=O)O)CC2CCC1C2. The first kappa shape index (κ1) is 9.69. The standard InChI is InChI=1S/C11H15FO2/c1-7(12)11(6-10(13)14)5-8-2-3-9(11)4-8/h8-9H,1-6H2,(H,13,14). The fraction of sp³-hybridized carbons (Fsp3) is 0.727. The van der Waals surface area contributed by atoms with Crippen molar-refractivity contribution in [3.05, 3.63) is 12.4 Å². The van der Waals surface area contributed by atoms with Crippen molar-refractivity contribution in [2.24, 2.45) is 17.3 Å². The van der Waals surface area contributed by atoms with E-state index < -0.39 is 17.2 Å². The van der Waals surface area contributed by atoms with Crippen LogP contribution < -0.4 is 0 Å². The Morgan fingerprint density at radius 3 is 2.64 bits per heavy atom. The smallest absolute Gasteiger partial charge is 0.304 e. The zero-order valence-corrected chi connectivity index (χ0v) is 8.13. The summed E-state index contributed by atoms with van der Waals surface area (Å²) in [6.45, 7) is 3.35. The molecule has 3 heteroatoms. The van der Waals surface area contributed by atoms with Gasteiger partial charge < -0.3 is 5.11 Å². The quantitative estimate of drug-likeness (QED) is 0.757. The summed E-state index contributed by atoms with van der Waals surface area (Å²) in [5.41, 5.74) is -0.727. The van der Waals surface area contributed by atoms with Gasteiger partial charge in [0.25, 0.3) is 0 Å². The molecule has 2 fully saturated rings. The van der Waals surface area contributed by atoms with Gasteiger partial charge >= 0.3 is 5.97 Å². The van der Waals surface area contributed by atoms with Crippen molar-refractivity contribution in [2.75, 3.05) is 0 Å². The zero-order valence-electron chi connectivity index (χ0n) is 8.13. The third-order valence-electron chi connectivity index (χ3n) is 3.98. The average molecular weight is 198 g/mol. The Hall–Kier alpha value is -0.860. The summed E-state index contributed by atoms with van der Waals surface area (Å²) >= 11 is 0. The van der Waals surface area contributed by atoms with Crippen LogP contribution in [0, 0.1) is 17.3 Å². The molecule has 0 aliphatic heterocycles. The number of halogens is 1. The van der Waals surface area contributed by atoms with Crippen LogP contribution in [-0.2, 0) is 4.79 Å². The zero-order chi connectivity index (χ0) is 10.3. The third kappa shape index (κ3) is 1.26. The monoisotopic (exact) mass is 198 g/mol. The van der Waals surface area contributed by atoms with E-state index in [1.165, 1.54) is 0 Å². The lowest BCUT2D eigenvalue weighted by Crippen LogP contribution is -2.31. The van der Waals surface area contributed by atoms with Crippen LogP contribution in [0.25, 0.3) is 0 Å². The topological polar surface area (TPSA) is 37.3 Å². The van der Waals surface area contributed by atoms with Gasteiger partial charge in [-0.15, -0.1) is 0 Å². The van der Waals surface area contributed by atoms with E-state index in [0.29, 0.717) is 12.3 Å². The summed E-state index contributed by atoms with van der Waals surface area (Å²) in [6.07, 6.45) is 3.72. The molecule has 2 aliphatic carbocycles. The molecule has 2 nitrogen and oxygen atoms in total. The Morgan fingerprint density at radius 1 is 1.57 bits per heavy atom. The van der Waals surface area contributed by atoms with Gasteiger partial charge in [0.2, 0.25) is 0 Å². The van der Waals surface area contributed by atoms with Gasteiger partial charge in [-0.3, -0.25) is 4.79 Å². The van der Waals surface area contributed by atoms with Crippen molar-refractivity contribution in [3.8, 4) is 0 Å². The van der Waals surface area contributed by atoms with Crippen molar-refractivity contribution in [2.45, 2.75) is 32.1 Å². The molecule has 2 aliphatic rings. The van der Waals surface area contributed by atoms with Crippen LogP contribution in [0.4, 0.5) is 4.39 Å². The van der Waals surface area contributed by atoms with Crippen LogP contribution in [0.1, 0.15) is 32.1 Å². The van der Waals surface area contributed by atoms with Gasteiger partial charge in [-0.1, -0.05) is 13.0 Å². The second kappa shape index (κ2) is 3.07. The summed E-state index contributed by atoms with van der Waals surface area (Å²) in [7, 11) is 0. The molecule has 78 valence electrons. The lowest BCUT2D eigenvalue weighted by atomic mass is 9.70. The Bertz CT molecular complexity index is 287. The predicted molar refractivity (Wildman–Crippen MR) is 50.4 cm³/mol. The van der Waals surface area contributed by atoms with E-state index in [-0.39, 0.29) is 12.3 Å². The highest BCUT2D eigenvalue weighted by Gasteiger charge is 2.53. The van der Waals surface area contributed by atoms with E-state index in [0.717, 1.165) is 19.3 Å². The average Bonchev–Trinajstić information content (AvgIpc) is 2.61. The van der Waals surface area contributed by atoms with Crippen LogP contribution in [0.2, 0.25) is 0 Å². The number of carboxylic acids is 1. The lowest BCUT2D eigenvalue weighted by Gasteiger charge is -2.34. The normalized spacial score (nSPS) is 40.1. The minimum atomic E-state index is -0.906. The van der Waals surface area contributed by atoms with E-state index in [1.807, 2.05) is 0 Å². The van der Waals surface area contributed by atoms with Crippen molar-refractivity contribution in [3.63, 3.8) is 0 Å². The molecule has 1 N–H and O–H groups in total. The van der Waals surface area contributed by atoms with Gasteiger partial charge in [-0.25, -0.2) is 4.39 Å². The first-order chi connectivity index (χ1) is 6.54. The highest BCUT2D eigenvalue weighted by Crippen LogP contribution is 2.60. The van der Waals surface area contributed by atoms with E-state index >= 15 is 0 Å². The summed E-state index contributed by atoms with van der Waals surface area (Å²) in [5, 5.41) is 8.81. The number of carboxylic acid groups (broad SMARTS) is 1. The highest BCUT2D eigenvalue weighted by atomic mass is 19.1. The Kier molecular flexibility index (Phi) is 2.13. The third-order valence-corrected chi connectivity index (χ3v) is 3.98. The maximum Gasteiger partial charge on any atom is 0.304 e. The molecule has 0 saturated heterocycles. The number of hydrogen-bond acceptors (Lipinski definition) is 1. The summed E-state index contributed by atoms with van der Waals surface area (Å²) in [4.78, 5) is 10.7. The van der Waals surface area contributed by atoms with Gasteiger partial charge in [-0.05, 0) is 31.1 Å². The molecule has 0 amide bonds. The van der Waals surface area contributed by atoms with Gasteiger partial charge in [-0.2, -0.15) is 0 Å². The molecular formula is C11H15FO2. The molecule has 0 aromatic carbocycles. The van der Waals surface area contributed by atoms with E-state index in [4.69, 9.17) is 5.11 Å². The van der Waals surface area contributed by atoms with E-state index in [2.05, 4.69) is 6.58 Å². The molecule has 0 aromatic rings. The minimum Gasteiger partial charge on any atom is -0.481 e. The van der Waals surface area contributed by atoms with Gasteiger partial charge in [0, 0.05) is 5.41 Å². The molecule has 2 bridgehead atoms. The van der Waals surface area contributed by atoms with Gasteiger partial charge in [0.05, 0.1) is 12.2 Å². The molecule has 14 heavy (non-hydrogen) atoms. The largest absolute Gasteiger partial charge is 0.481 e. The summed E-state index contributed by atoms with van der Waals surface area (Å²) in [5.74, 6) is -0.559. The molecule has 0 aromatic heterocycles. The van der Waals surface area contributed by atoms with Crippen LogP contribution in [-0.4, -0.2) is 11.1 Å². The van der Waals surface area contributed by atoms with Crippen LogP contribution in [0.15, 0.2) is 12.4 Å². The predicted octanol–water partition coefficient (Wildman–Crippen LogP) is 2.75. The van der Waals surface area contributed by atoms with Crippen molar-refractivity contribution in [1.82, 2.24) is 0 Å². The molecule has 2 rings (SSSR count). The molecule has 0 spiro atoms. The molecule has 3 unspecified atom stereocenters. The van der Waals surface area contributed by atoms with Gasteiger partial charge in [0.1, 0.15) is 0 Å². The first-order valence-corrected chi connectivity index (χ1v) is 5.11. The summed E-state index contributed by atoms with van der Waals surface area (Å²) < 4.78 is 13.4. The molecule has 0 radical (unpaired) electrons. The minimum absolute atomic E-state index is 0.0799. The van der Waals surface area contributed by atoms with Crippen molar-refractivity contribution >= 4 is 5.97 Å². The lowest BCUT2D eigenvalue weighted by molar-refractivity contribution is -0.140. The Labute approximate surface area is 82.8 Å². The first-order valence-electron chi connectivity index (χ1n) is 5.11. The Balaban J connectivity index is 2.24. The maximum absolute atomic E-state index is 13.4. The van der Waals surface area contributed by atoms with Crippen molar-refractivity contribution in [1.29, 1.82) is 0 Å². The summed E-state index contributed by atoms with van der Waals surface area (Å²) in [6, 6.07) is 0. The Morgan fingerprint density at radius 2 is 2.29 bits per heavy atom. The fourth-order valence-corrected chi connectivity index (χ4v) is 3.36. The molecule has 2 saturated carbocycles. The second-order valence-corrected chi connectivity index (χ2v) is 4.71. The van der Waals surface area contributed by atoms with Gasteiger partial charge in [0.15, 0.2) is 0 Å². The number of fused-ring (bicyclic) bond motifs is 2. The number of allylic oxidation sites excluding steroid dienone is 1. The number of hydrogen-bond donors (Lipinski definition) is 1. The van der Waals surface area contributed by atoms with Crippen LogP contribution in [0.5, 0.6) is 0 Å². The van der Waals surface area contributed by atoms with E-state index in [9.17, 15) is 9.18 Å². The molecule has 3 atom stereocenters. The maximum atomic E-state index is 13.4. The van der Waals surface area contributed by atoms with Crippen molar-refractivity contribution < 1.29 is 14.3 Å². The second-order valence-electron chi connectivity index (χ2n) is 4.71. The molecule has 0 heterocycles. The number of rotatable bonds is 3. The molecular weight excluding hydrogens is 183 g/mol. The van der Waals surface area contributed by atoms with Crippen LogP contribution >= 0.6 is 0 Å².